The number of aryl methyl sites for hydroxylation is 1. The second-order valence-electron chi connectivity index (χ2n) is 3.94. The molecule has 0 spiro atoms. The fourth-order valence-electron chi connectivity index (χ4n) is 1.46. The van der Waals surface area contributed by atoms with Gasteiger partial charge >= 0.3 is 0 Å². The lowest BCUT2D eigenvalue weighted by atomic mass is 10.0. The van der Waals surface area contributed by atoms with Crippen LogP contribution in [0, 0.1) is 6.92 Å². The first kappa shape index (κ1) is 25.4. The van der Waals surface area contributed by atoms with E-state index >= 15 is 0 Å². The van der Waals surface area contributed by atoms with Crippen molar-refractivity contribution >= 4 is 0 Å². The average Bonchev–Trinajstić information content (AvgIpc) is 2.62. The van der Waals surface area contributed by atoms with Gasteiger partial charge in [-0.2, -0.15) is 0 Å². The Labute approximate surface area is 140 Å². The fraction of sp³-hybridized carbons (Fsp3) is 0.455. The van der Waals surface area contributed by atoms with Gasteiger partial charge in [0, 0.05) is 0 Å². The van der Waals surface area contributed by atoms with E-state index in [9.17, 15) is 0 Å². The molecule has 0 unspecified atom stereocenters. The first-order chi connectivity index (χ1) is 10.8. The van der Waals surface area contributed by atoms with E-state index in [1.54, 1.807) is 0 Å². The lowest BCUT2D eigenvalue weighted by Gasteiger charge is -2.01. The lowest BCUT2D eigenvalue weighted by molar-refractivity contribution is 1.09. The van der Waals surface area contributed by atoms with Gasteiger partial charge in [-0.3, -0.25) is 0 Å². The molecule has 0 saturated heterocycles. The Morgan fingerprint density at radius 3 is 1.41 bits per heavy atom. The van der Waals surface area contributed by atoms with E-state index < -0.39 is 0 Å². The van der Waals surface area contributed by atoms with Crippen molar-refractivity contribution in [1.82, 2.24) is 0 Å². The van der Waals surface area contributed by atoms with Crippen molar-refractivity contribution in [1.29, 1.82) is 0 Å². The zero-order valence-electron chi connectivity index (χ0n) is 16.4. The second-order valence-corrected chi connectivity index (χ2v) is 3.94. The molecule has 0 aliphatic carbocycles. The van der Waals surface area contributed by atoms with Crippen molar-refractivity contribution in [2.24, 2.45) is 0 Å². The maximum absolute atomic E-state index is 2.20. The molecule has 126 valence electrons. The van der Waals surface area contributed by atoms with Crippen LogP contribution in [0.3, 0.4) is 0 Å². The normalized spacial score (nSPS) is 7.50. The average molecular weight is 303 g/mol. The summed E-state index contributed by atoms with van der Waals surface area (Å²) in [6.45, 7) is 18.4. The summed E-state index contributed by atoms with van der Waals surface area (Å²) in [4.78, 5) is 0. The molecule has 0 saturated carbocycles. The third-order valence-corrected chi connectivity index (χ3v) is 2.13. The minimum atomic E-state index is 1.25. The maximum Gasteiger partial charge on any atom is -0.0181 e. The van der Waals surface area contributed by atoms with Crippen LogP contribution in [-0.2, 0) is 0 Å². The molecular formula is C22H38. The SMILES string of the molecule is CC.CC.CC.CCC.Cc1cccc(-c2ccccc2)c1. The zero-order valence-corrected chi connectivity index (χ0v) is 16.4. The Balaban J connectivity index is -0.000000344. The molecule has 0 atom stereocenters. The number of rotatable bonds is 1. The third kappa shape index (κ3) is 13.4. The summed E-state index contributed by atoms with van der Waals surface area (Å²) in [5.74, 6) is 0. The smallest absolute Gasteiger partial charge is 0.0181 e. The van der Waals surface area contributed by atoms with Gasteiger partial charge in [0.25, 0.3) is 0 Å². The van der Waals surface area contributed by atoms with Gasteiger partial charge in [0.15, 0.2) is 0 Å². The van der Waals surface area contributed by atoms with Crippen LogP contribution in [0.1, 0.15) is 67.4 Å². The topological polar surface area (TPSA) is 0 Å². The summed E-state index contributed by atoms with van der Waals surface area (Å²) < 4.78 is 0. The molecular weight excluding hydrogens is 264 g/mol. The summed E-state index contributed by atoms with van der Waals surface area (Å²) in [6, 6.07) is 19.0. The van der Waals surface area contributed by atoms with Crippen molar-refractivity contribution in [2.75, 3.05) is 0 Å². The highest BCUT2D eigenvalue weighted by molar-refractivity contribution is 5.63. The Morgan fingerprint density at radius 1 is 0.591 bits per heavy atom. The predicted molar refractivity (Wildman–Crippen MR) is 107 cm³/mol. The Bertz CT molecular complexity index is 401. The van der Waals surface area contributed by atoms with Crippen LogP contribution in [0.4, 0.5) is 0 Å². The van der Waals surface area contributed by atoms with E-state index in [-0.39, 0.29) is 0 Å². The summed E-state index contributed by atoms with van der Waals surface area (Å²) in [6.07, 6.45) is 1.25. The largest absolute Gasteiger partial charge is 0.0683 e. The van der Waals surface area contributed by atoms with Crippen LogP contribution in [-0.4, -0.2) is 0 Å². The van der Waals surface area contributed by atoms with Crippen LogP contribution in [0.25, 0.3) is 11.1 Å². The molecule has 22 heavy (non-hydrogen) atoms. The summed E-state index contributed by atoms with van der Waals surface area (Å²) in [5.41, 5.74) is 3.88. The van der Waals surface area contributed by atoms with Gasteiger partial charge < -0.3 is 0 Å². The fourth-order valence-corrected chi connectivity index (χ4v) is 1.46. The molecule has 0 amide bonds. The number of hydrogen-bond acceptors (Lipinski definition) is 0. The molecule has 0 aliphatic rings. The summed E-state index contributed by atoms with van der Waals surface area (Å²) >= 11 is 0. The quantitative estimate of drug-likeness (QED) is 0.498. The molecule has 2 rings (SSSR count). The lowest BCUT2D eigenvalue weighted by Crippen LogP contribution is -1.77. The Morgan fingerprint density at radius 2 is 1.00 bits per heavy atom. The maximum atomic E-state index is 2.20. The van der Waals surface area contributed by atoms with Crippen LogP contribution < -0.4 is 0 Å². The van der Waals surface area contributed by atoms with E-state index in [0.717, 1.165) is 0 Å². The molecule has 0 heteroatoms. The van der Waals surface area contributed by atoms with E-state index in [1.807, 2.05) is 47.6 Å². The number of hydrogen-bond donors (Lipinski definition) is 0. The molecule has 0 aromatic heterocycles. The van der Waals surface area contributed by atoms with Gasteiger partial charge in [-0.15, -0.1) is 0 Å². The van der Waals surface area contributed by atoms with Gasteiger partial charge in [0.2, 0.25) is 0 Å². The third-order valence-electron chi connectivity index (χ3n) is 2.13. The number of benzene rings is 2. The molecule has 0 bridgehead atoms. The van der Waals surface area contributed by atoms with Gasteiger partial charge in [-0.25, -0.2) is 0 Å². The van der Waals surface area contributed by atoms with Gasteiger partial charge in [0.05, 0.1) is 0 Å². The molecule has 0 fully saturated rings. The van der Waals surface area contributed by atoms with E-state index in [2.05, 4.69) is 69.3 Å². The Hall–Kier alpha value is -1.56. The van der Waals surface area contributed by atoms with Crippen LogP contribution in [0.15, 0.2) is 54.6 Å². The van der Waals surface area contributed by atoms with Crippen molar-refractivity contribution in [3.05, 3.63) is 60.2 Å². The molecule has 0 heterocycles. The predicted octanol–water partition coefficient (Wildman–Crippen LogP) is 8.16. The van der Waals surface area contributed by atoms with Gasteiger partial charge in [-0.05, 0) is 18.1 Å². The van der Waals surface area contributed by atoms with Gasteiger partial charge in [-0.1, -0.05) is 122 Å². The van der Waals surface area contributed by atoms with Crippen molar-refractivity contribution < 1.29 is 0 Å². The highest BCUT2D eigenvalue weighted by Crippen LogP contribution is 2.19. The van der Waals surface area contributed by atoms with Crippen LogP contribution in [0.2, 0.25) is 0 Å². The summed E-state index contributed by atoms with van der Waals surface area (Å²) in [7, 11) is 0. The summed E-state index contributed by atoms with van der Waals surface area (Å²) in [5, 5.41) is 0. The van der Waals surface area contributed by atoms with Crippen LogP contribution >= 0.6 is 0 Å². The molecule has 2 aromatic rings. The second kappa shape index (κ2) is 21.7. The molecule has 0 aliphatic heterocycles. The zero-order chi connectivity index (χ0) is 17.8. The minimum Gasteiger partial charge on any atom is -0.0683 e. The Kier molecular flexibility index (Phi) is 25.1. The monoisotopic (exact) mass is 302 g/mol. The van der Waals surface area contributed by atoms with Crippen molar-refractivity contribution in [3.8, 4) is 11.1 Å². The van der Waals surface area contributed by atoms with E-state index in [0.29, 0.717) is 0 Å². The first-order valence-electron chi connectivity index (χ1n) is 8.90. The standard InChI is InChI=1S/C13H12.C3H8.3C2H6/c1-11-6-5-9-13(10-11)12-7-3-2-4-8-12;1-3-2;3*1-2/h2-10H,1H3;3H2,1-2H3;3*1-2H3. The molecule has 0 radical (unpaired) electrons. The van der Waals surface area contributed by atoms with Crippen molar-refractivity contribution in [2.45, 2.75) is 68.7 Å². The highest BCUT2D eigenvalue weighted by Gasteiger charge is 1.94. The van der Waals surface area contributed by atoms with E-state index in [1.165, 1.54) is 23.1 Å². The van der Waals surface area contributed by atoms with E-state index in [4.69, 9.17) is 0 Å². The molecule has 0 N–H and O–H groups in total. The highest BCUT2D eigenvalue weighted by atomic mass is 14.0. The van der Waals surface area contributed by atoms with Crippen LogP contribution in [0.5, 0.6) is 0 Å². The van der Waals surface area contributed by atoms with Gasteiger partial charge in [0.1, 0.15) is 0 Å². The van der Waals surface area contributed by atoms with Crippen molar-refractivity contribution in [3.63, 3.8) is 0 Å². The minimum absolute atomic E-state index is 1.25. The molecule has 2 aromatic carbocycles. The molecule has 0 nitrogen and oxygen atoms in total. The first-order valence-corrected chi connectivity index (χ1v) is 8.90.